The van der Waals surface area contributed by atoms with Crippen molar-refractivity contribution < 1.29 is 23.1 Å². The van der Waals surface area contributed by atoms with Crippen molar-refractivity contribution in [3.8, 4) is 11.4 Å². The van der Waals surface area contributed by atoms with Gasteiger partial charge in [-0.05, 0) is 49.9 Å². The first-order chi connectivity index (χ1) is 19.3. The molecule has 0 spiro atoms. The van der Waals surface area contributed by atoms with Crippen LogP contribution >= 0.6 is 11.3 Å². The van der Waals surface area contributed by atoms with Gasteiger partial charge < -0.3 is 25.4 Å². The summed E-state index contributed by atoms with van der Waals surface area (Å²) in [7, 11) is -3.52. The number of carbonyl (C=O) groups excluding carboxylic acids is 1. The molecule has 4 atom stereocenters. The number of urea groups is 1. The number of nitrogens with zero attached hydrogens (tertiary/aromatic N) is 4. The molecule has 2 aromatic heterocycles. The normalized spacial score (nSPS) is 23.2. The van der Waals surface area contributed by atoms with E-state index in [1.54, 1.807) is 17.5 Å². The molecule has 3 heterocycles. The minimum atomic E-state index is -3.52. The van der Waals surface area contributed by atoms with Gasteiger partial charge in [0, 0.05) is 53.6 Å². The van der Waals surface area contributed by atoms with E-state index in [1.165, 1.54) is 6.20 Å². The van der Waals surface area contributed by atoms with E-state index in [2.05, 4.69) is 27.4 Å². The molecule has 11 nitrogen and oxygen atoms in total. The summed E-state index contributed by atoms with van der Waals surface area (Å²) >= 11 is 1.16. The standard InChI is InChI=1S/C27H34N6O5S2/c1-17-13-20(14-23(17)40(36,37)27-29-8-12-39-27)22-15-24(33-9-11-38-16-18(33)2)32-25(31-22)19-3-5-21(6-4-19)30-26(35)28-7-10-34/h3-6,8,12,15,17-18,20,23,34H,7,9-11,13-14,16H2,1-2H3,(H2,28,30,35)/t17?,18-,20?,23?/m0/s1. The Bertz CT molecular complexity index is 1420. The fourth-order valence-electron chi connectivity index (χ4n) is 5.42. The zero-order chi connectivity index (χ0) is 28.3. The van der Waals surface area contributed by atoms with Crippen LogP contribution in [-0.4, -0.2) is 78.7 Å². The van der Waals surface area contributed by atoms with Crippen molar-refractivity contribution in [3.63, 3.8) is 0 Å². The summed E-state index contributed by atoms with van der Waals surface area (Å²) in [6.45, 7) is 6.02. The van der Waals surface area contributed by atoms with Gasteiger partial charge in [-0.2, -0.15) is 0 Å². The van der Waals surface area contributed by atoms with Crippen molar-refractivity contribution in [3.05, 3.63) is 47.6 Å². The van der Waals surface area contributed by atoms with E-state index < -0.39 is 21.1 Å². The third-order valence-electron chi connectivity index (χ3n) is 7.47. The van der Waals surface area contributed by atoms with Crippen LogP contribution in [0.25, 0.3) is 11.4 Å². The van der Waals surface area contributed by atoms with Crippen LogP contribution in [0.3, 0.4) is 0 Å². The molecule has 1 aliphatic heterocycles. The Labute approximate surface area is 237 Å². The molecule has 2 amide bonds. The number of benzene rings is 1. The molecule has 5 rings (SSSR count). The van der Waals surface area contributed by atoms with Gasteiger partial charge in [0.25, 0.3) is 0 Å². The molecule has 13 heteroatoms. The Morgan fingerprint density at radius 1 is 1.20 bits per heavy atom. The molecule has 2 fully saturated rings. The highest BCUT2D eigenvalue weighted by Crippen LogP contribution is 2.44. The quantitative estimate of drug-likeness (QED) is 0.362. The summed E-state index contributed by atoms with van der Waals surface area (Å²) in [6.07, 6.45) is 2.71. The maximum absolute atomic E-state index is 13.3. The van der Waals surface area contributed by atoms with Crippen molar-refractivity contribution in [1.82, 2.24) is 20.3 Å². The van der Waals surface area contributed by atoms with Gasteiger partial charge in [-0.3, -0.25) is 0 Å². The van der Waals surface area contributed by atoms with Crippen LogP contribution in [0.2, 0.25) is 0 Å². The fraction of sp³-hybridized carbons (Fsp3) is 0.481. The Kier molecular flexibility index (Phi) is 8.64. The van der Waals surface area contributed by atoms with Crippen LogP contribution in [-0.2, 0) is 14.6 Å². The van der Waals surface area contributed by atoms with Gasteiger partial charge in [0.15, 0.2) is 5.82 Å². The monoisotopic (exact) mass is 586 g/mol. The van der Waals surface area contributed by atoms with Crippen LogP contribution in [0.4, 0.5) is 16.3 Å². The number of aliphatic hydroxyl groups is 1. The van der Waals surface area contributed by atoms with E-state index in [9.17, 15) is 13.2 Å². The first kappa shape index (κ1) is 28.4. The van der Waals surface area contributed by atoms with Crippen LogP contribution < -0.4 is 15.5 Å². The summed E-state index contributed by atoms with van der Waals surface area (Å²) in [4.78, 5) is 28.1. The van der Waals surface area contributed by atoms with Gasteiger partial charge in [0.2, 0.25) is 14.2 Å². The molecule has 1 saturated carbocycles. The summed E-state index contributed by atoms with van der Waals surface area (Å²) in [6, 6.07) is 8.98. The minimum Gasteiger partial charge on any atom is -0.395 e. The second kappa shape index (κ2) is 12.2. The zero-order valence-corrected chi connectivity index (χ0v) is 24.1. The maximum Gasteiger partial charge on any atom is 0.319 e. The predicted octanol–water partition coefficient (Wildman–Crippen LogP) is 3.30. The molecule has 0 bridgehead atoms. The number of rotatable bonds is 8. The molecule has 0 radical (unpaired) electrons. The second-order valence-corrected chi connectivity index (χ2v) is 13.5. The van der Waals surface area contributed by atoms with Crippen molar-refractivity contribution in [2.45, 2.75) is 48.2 Å². The number of aliphatic hydroxyl groups excluding tert-OH is 1. The zero-order valence-electron chi connectivity index (χ0n) is 22.5. The summed E-state index contributed by atoms with van der Waals surface area (Å²) < 4.78 is 32.5. The first-order valence-corrected chi connectivity index (χ1v) is 15.8. The number of ether oxygens (including phenoxy) is 1. The van der Waals surface area contributed by atoms with Crippen LogP contribution in [0.1, 0.15) is 38.3 Å². The molecule has 1 aromatic carbocycles. The Balaban J connectivity index is 1.45. The molecule has 1 aliphatic carbocycles. The molecule has 3 N–H and O–H groups in total. The summed E-state index contributed by atoms with van der Waals surface area (Å²) in [5.74, 6) is 1.26. The summed E-state index contributed by atoms with van der Waals surface area (Å²) in [5, 5.41) is 15.3. The number of hydrogen-bond acceptors (Lipinski definition) is 10. The largest absolute Gasteiger partial charge is 0.395 e. The molecule has 214 valence electrons. The van der Waals surface area contributed by atoms with Crippen molar-refractivity contribution >= 4 is 38.7 Å². The lowest BCUT2D eigenvalue weighted by Crippen LogP contribution is -2.44. The highest BCUT2D eigenvalue weighted by Gasteiger charge is 2.43. The number of carbonyl (C=O) groups is 1. The smallest absolute Gasteiger partial charge is 0.319 e. The Morgan fingerprint density at radius 2 is 2.00 bits per heavy atom. The van der Waals surface area contributed by atoms with E-state index in [-0.39, 0.29) is 35.4 Å². The number of sulfone groups is 1. The Hall–Kier alpha value is -3.13. The van der Waals surface area contributed by atoms with Crippen molar-refractivity contribution in [2.75, 3.05) is 43.1 Å². The predicted molar refractivity (Wildman–Crippen MR) is 153 cm³/mol. The SMILES string of the molecule is CC1CC(c2cc(N3CCOC[C@@H]3C)nc(-c3ccc(NC(=O)NCCO)cc3)n2)CC1S(=O)(=O)c1nccs1. The molecule has 3 aromatic rings. The van der Waals surface area contributed by atoms with Crippen molar-refractivity contribution in [1.29, 1.82) is 0 Å². The Morgan fingerprint density at radius 3 is 2.70 bits per heavy atom. The van der Waals surface area contributed by atoms with E-state index in [0.717, 1.165) is 28.4 Å². The summed E-state index contributed by atoms with van der Waals surface area (Å²) in [5.41, 5.74) is 2.20. The van der Waals surface area contributed by atoms with Gasteiger partial charge in [0.1, 0.15) is 5.82 Å². The highest BCUT2D eigenvalue weighted by atomic mass is 32.2. The number of amides is 2. The first-order valence-electron chi connectivity index (χ1n) is 13.4. The number of aromatic nitrogens is 3. The van der Waals surface area contributed by atoms with Gasteiger partial charge in [-0.15, -0.1) is 11.3 Å². The van der Waals surface area contributed by atoms with E-state index in [4.69, 9.17) is 19.8 Å². The van der Waals surface area contributed by atoms with Crippen LogP contribution in [0.15, 0.2) is 46.2 Å². The molecular formula is C27H34N6O5S2. The van der Waals surface area contributed by atoms with E-state index in [1.807, 2.05) is 25.1 Å². The molecule has 40 heavy (non-hydrogen) atoms. The fourth-order valence-corrected chi connectivity index (χ4v) is 8.53. The van der Waals surface area contributed by atoms with Crippen LogP contribution in [0.5, 0.6) is 0 Å². The van der Waals surface area contributed by atoms with Gasteiger partial charge >= 0.3 is 6.03 Å². The van der Waals surface area contributed by atoms with Gasteiger partial charge in [-0.25, -0.2) is 28.2 Å². The van der Waals surface area contributed by atoms with E-state index >= 15 is 0 Å². The third kappa shape index (κ3) is 6.12. The average molecular weight is 587 g/mol. The topological polar surface area (TPSA) is 147 Å². The number of thiazole rings is 1. The third-order valence-corrected chi connectivity index (χ3v) is 11.1. The van der Waals surface area contributed by atoms with Gasteiger partial charge in [-0.1, -0.05) is 6.92 Å². The molecule has 2 aliphatic rings. The highest BCUT2D eigenvalue weighted by molar-refractivity contribution is 7.93. The second-order valence-electron chi connectivity index (χ2n) is 10.3. The van der Waals surface area contributed by atoms with Crippen LogP contribution in [0, 0.1) is 5.92 Å². The molecule has 1 saturated heterocycles. The number of hydrogen-bond donors (Lipinski definition) is 3. The lowest BCUT2D eigenvalue weighted by Gasteiger charge is -2.34. The lowest BCUT2D eigenvalue weighted by atomic mass is 10.0. The average Bonchev–Trinajstić information content (AvgIpc) is 3.64. The van der Waals surface area contributed by atoms with E-state index in [0.29, 0.717) is 44.1 Å². The number of morpholine rings is 1. The minimum absolute atomic E-state index is 0.0367. The van der Waals surface area contributed by atoms with Gasteiger partial charge in [0.05, 0.1) is 31.1 Å². The molecular weight excluding hydrogens is 552 g/mol. The number of nitrogens with one attached hydrogen (secondary N) is 2. The number of anilines is 2. The van der Waals surface area contributed by atoms with Crippen molar-refractivity contribution in [2.24, 2.45) is 5.92 Å². The molecule has 3 unspecified atom stereocenters. The lowest BCUT2D eigenvalue weighted by molar-refractivity contribution is 0.0985. The maximum atomic E-state index is 13.3.